The quantitative estimate of drug-likeness (QED) is 0.554. The average molecular weight is 128 g/mol. The van der Waals surface area contributed by atoms with Crippen LogP contribution in [0.25, 0.3) is 0 Å². The summed E-state index contributed by atoms with van der Waals surface area (Å²) in [5, 5.41) is 5.75. The summed E-state index contributed by atoms with van der Waals surface area (Å²) in [5.41, 5.74) is 1.06. The van der Waals surface area contributed by atoms with E-state index in [1.807, 2.05) is 6.92 Å². The minimum Gasteiger partial charge on any atom is -0.250 e. The summed E-state index contributed by atoms with van der Waals surface area (Å²) in [6.45, 7) is 5.64. The second-order valence-electron chi connectivity index (χ2n) is 2.18. The molecule has 0 aromatic rings. The van der Waals surface area contributed by atoms with Crippen LogP contribution < -0.4 is 0 Å². The minimum atomic E-state index is 0.667. The molecule has 0 saturated heterocycles. The lowest BCUT2D eigenvalue weighted by molar-refractivity contribution is -0.125. The standard InChI is InChI=1S/C6H12N2O/c1-3-4-8-7-6(2)5-9-8/h3-5H2,1-2H3. The van der Waals surface area contributed by atoms with Crippen LogP contribution in [-0.4, -0.2) is 24.0 Å². The predicted molar refractivity (Wildman–Crippen MR) is 36.1 cm³/mol. The van der Waals surface area contributed by atoms with Crippen LogP contribution in [0.15, 0.2) is 5.10 Å². The largest absolute Gasteiger partial charge is 0.250 e. The Labute approximate surface area is 55.3 Å². The zero-order valence-electron chi connectivity index (χ0n) is 5.92. The van der Waals surface area contributed by atoms with Gasteiger partial charge in [-0.15, -0.1) is 0 Å². The van der Waals surface area contributed by atoms with Crippen molar-refractivity contribution >= 4 is 5.71 Å². The van der Waals surface area contributed by atoms with Gasteiger partial charge in [0, 0.05) is 0 Å². The van der Waals surface area contributed by atoms with Gasteiger partial charge in [-0.25, -0.2) is 0 Å². The highest BCUT2D eigenvalue weighted by molar-refractivity contribution is 5.83. The molecule has 1 aliphatic heterocycles. The molecule has 0 bridgehead atoms. The predicted octanol–water partition coefficient (Wildman–Crippen LogP) is 1.02. The molecule has 0 fully saturated rings. The fourth-order valence-corrected chi connectivity index (χ4v) is 0.722. The first kappa shape index (κ1) is 6.55. The maximum Gasteiger partial charge on any atom is 0.116 e. The molecule has 0 unspecified atom stereocenters. The molecule has 9 heavy (non-hydrogen) atoms. The molecule has 1 rings (SSSR count). The first-order chi connectivity index (χ1) is 4.33. The lowest BCUT2D eigenvalue weighted by Crippen LogP contribution is -2.13. The van der Waals surface area contributed by atoms with Crippen LogP contribution in [0, 0.1) is 0 Å². The molecule has 0 amide bonds. The summed E-state index contributed by atoms with van der Waals surface area (Å²) in [5.74, 6) is 0. The van der Waals surface area contributed by atoms with Gasteiger partial charge in [-0.1, -0.05) is 6.92 Å². The summed E-state index contributed by atoms with van der Waals surface area (Å²) >= 11 is 0. The minimum absolute atomic E-state index is 0.667. The van der Waals surface area contributed by atoms with E-state index in [-0.39, 0.29) is 0 Å². The van der Waals surface area contributed by atoms with Crippen LogP contribution in [-0.2, 0) is 4.84 Å². The SMILES string of the molecule is CCCN1N=C(C)CO1. The highest BCUT2D eigenvalue weighted by Gasteiger charge is 2.08. The fraction of sp³-hybridized carbons (Fsp3) is 0.833. The van der Waals surface area contributed by atoms with E-state index < -0.39 is 0 Å². The van der Waals surface area contributed by atoms with Crippen LogP contribution in [0.5, 0.6) is 0 Å². The molecule has 0 aliphatic carbocycles. The smallest absolute Gasteiger partial charge is 0.116 e. The van der Waals surface area contributed by atoms with Crippen LogP contribution >= 0.6 is 0 Å². The molecule has 52 valence electrons. The van der Waals surface area contributed by atoms with Crippen LogP contribution in [0.3, 0.4) is 0 Å². The third-order valence-corrected chi connectivity index (χ3v) is 1.12. The second-order valence-corrected chi connectivity index (χ2v) is 2.18. The summed E-state index contributed by atoms with van der Waals surface area (Å²) in [4.78, 5) is 5.14. The van der Waals surface area contributed by atoms with Crippen molar-refractivity contribution in [1.82, 2.24) is 5.17 Å². The molecule has 3 heteroatoms. The van der Waals surface area contributed by atoms with Crippen LogP contribution in [0.4, 0.5) is 0 Å². The Hall–Kier alpha value is -0.570. The van der Waals surface area contributed by atoms with Crippen molar-refractivity contribution in [2.45, 2.75) is 20.3 Å². The monoisotopic (exact) mass is 128 g/mol. The van der Waals surface area contributed by atoms with Gasteiger partial charge >= 0.3 is 0 Å². The third kappa shape index (κ3) is 1.68. The molecule has 3 nitrogen and oxygen atoms in total. The van der Waals surface area contributed by atoms with E-state index in [9.17, 15) is 0 Å². The van der Waals surface area contributed by atoms with Gasteiger partial charge in [-0.2, -0.15) is 10.3 Å². The number of hydrogen-bond acceptors (Lipinski definition) is 3. The molecule has 0 N–H and O–H groups in total. The number of nitrogens with zero attached hydrogens (tertiary/aromatic N) is 2. The first-order valence-corrected chi connectivity index (χ1v) is 3.27. The second kappa shape index (κ2) is 2.82. The Morgan fingerprint density at radius 2 is 2.56 bits per heavy atom. The van der Waals surface area contributed by atoms with Crippen molar-refractivity contribution < 1.29 is 4.84 Å². The Morgan fingerprint density at radius 3 is 3.00 bits per heavy atom. The highest BCUT2D eigenvalue weighted by Crippen LogP contribution is 2.02. The Bertz CT molecular complexity index is 122. The highest BCUT2D eigenvalue weighted by atomic mass is 16.7. The van der Waals surface area contributed by atoms with E-state index in [2.05, 4.69) is 12.0 Å². The number of rotatable bonds is 2. The lowest BCUT2D eigenvalue weighted by atomic mass is 10.5. The van der Waals surface area contributed by atoms with Crippen LogP contribution in [0.1, 0.15) is 20.3 Å². The van der Waals surface area contributed by atoms with E-state index in [1.54, 1.807) is 5.17 Å². The van der Waals surface area contributed by atoms with Gasteiger partial charge in [0.2, 0.25) is 0 Å². The maximum atomic E-state index is 5.14. The Kier molecular flexibility index (Phi) is 2.05. The van der Waals surface area contributed by atoms with E-state index in [4.69, 9.17) is 4.84 Å². The molecule has 0 spiro atoms. The fourth-order valence-electron chi connectivity index (χ4n) is 0.722. The van der Waals surface area contributed by atoms with E-state index in [0.29, 0.717) is 6.61 Å². The van der Waals surface area contributed by atoms with E-state index >= 15 is 0 Å². The molecule has 0 aromatic carbocycles. The van der Waals surface area contributed by atoms with Crippen molar-refractivity contribution in [2.75, 3.05) is 13.2 Å². The van der Waals surface area contributed by atoms with Crippen molar-refractivity contribution in [3.05, 3.63) is 0 Å². The zero-order chi connectivity index (χ0) is 6.69. The van der Waals surface area contributed by atoms with Crippen molar-refractivity contribution in [3.63, 3.8) is 0 Å². The van der Waals surface area contributed by atoms with Crippen molar-refractivity contribution in [3.8, 4) is 0 Å². The maximum absolute atomic E-state index is 5.14. The molecule has 0 saturated carbocycles. The van der Waals surface area contributed by atoms with Gasteiger partial charge in [0.25, 0.3) is 0 Å². The van der Waals surface area contributed by atoms with E-state index in [1.165, 1.54) is 0 Å². The van der Waals surface area contributed by atoms with Gasteiger partial charge in [-0.3, -0.25) is 4.84 Å². The third-order valence-electron chi connectivity index (χ3n) is 1.12. The normalized spacial score (nSPS) is 18.4. The van der Waals surface area contributed by atoms with Gasteiger partial charge < -0.3 is 0 Å². The molecular weight excluding hydrogens is 116 g/mol. The summed E-state index contributed by atoms with van der Waals surface area (Å²) in [6, 6.07) is 0. The average Bonchev–Trinajstić information content (AvgIpc) is 2.17. The molecular formula is C6H12N2O. The number of hydroxylamine groups is 1. The van der Waals surface area contributed by atoms with Crippen molar-refractivity contribution in [1.29, 1.82) is 0 Å². The summed E-state index contributed by atoms with van der Waals surface area (Å²) in [7, 11) is 0. The number of hydrogen-bond donors (Lipinski definition) is 0. The van der Waals surface area contributed by atoms with Crippen molar-refractivity contribution in [2.24, 2.45) is 5.10 Å². The molecule has 0 radical (unpaired) electrons. The summed E-state index contributed by atoms with van der Waals surface area (Å²) in [6.07, 6.45) is 1.08. The molecule has 1 heterocycles. The molecule has 0 atom stereocenters. The van der Waals surface area contributed by atoms with Gasteiger partial charge in [0.15, 0.2) is 0 Å². The molecule has 1 aliphatic rings. The topological polar surface area (TPSA) is 24.8 Å². The van der Waals surface area contributed by atoms with Gasteiger partial charge in [0.05, 0.1) is 12.3 Å². The van der Waals surface area contributed by atoms with Crippen LogP contribution in [0.2, 0.25) is 0 Å². The Morgan fingerprint density at radius 1 is 1.78 bits per heavy atom. The number of hydrazone groups is 1. The Balaban J connectivity index is 2.29. The lowest BCUT2D eigenvalue weighted by Gasteiger charge is -2.08. The molecule has 0 aromatic heterocycles. The first-order valence-electron chi connectivity index (χ1n) is 3.27. The van der Waals surface area contributed by atoms with Gasteiger partial charge in [-0.05, 0) is 13.3 Å². The van der Waals surface area contributed by atoms with E-state index in [0.717, 1.165) is 18.7 Å². The zero-order valence-corrected chi connectivity index (χ0v) is 5.92. The summed E-state index contributed by atoms with van der Waals surface area (Å²) < 4.78 is 0. The van der Waals surface area contributed by atoms with Gasteiger partial charge in [0.1, 0.15) is 6.61 Å².